The zero-order chi connectivity index (χ0) is 22.0. The number of aryl methyl sites for hydroxylation is 1. The highest BCUT2D eigenvalue weighted by Crippen LogP contribution is 2.32. The minimum absolute atomic E-state index is 0.0108. The topological polar surface area (TPSA) is 81.4 Å². The molecule has 1 amide bonds. The van der Waals surface area contributed by atoms with E-state index in [4.69, 9.17) is 4.74 Å². The molecule has 7 nitrogen and oxygen atoms in total. The average molecular weight is 427 g/mol. The second kappa shape index (κ2) is 8.05. The Morgan fingerprint density at radius 2 is 1.90 bits per heavy atom. The summed E-state index contributed by atoms with van der Waals surface area (Å²) in [7, 11) is 0. The Balaban J connectivity index is 1.40. The molecule has 0 unspecified atom stereocenters. The Bertz CT molecular complexity index is 1240. The number of hydrogen-bond donors (Lipinski definition) is 1. The van der Waals surface area contributed by atoms with E-state index >= 15 is 0 Å². The van der Waals surface area contributed by atoms with Gasteiger partial charge in [-0.1, -0.05) is 12.1 Å². The number of rotatable bonds is 5. The number of ether oxygens (including phenoxy) is 1. The predicted molar refractivity (Wildman–Crippen MR) is 106 cm³/mol. The first-order valence-electron chi connectivity index (χ1n) is 9.17. The van der Waals surface area contributed by atoms with Crippen LogP contribution in [0.25, 0.3) is 5.65 Å². The van der Waals surface area contributed by atoms with Gasteiger partial charge in [0.1, 0.15) is 11.6 Å². The standard InChI is InChI=1S/C21H16F3N5O2/c1-13-10-26-17(9-16(13)21(22,23)24)28-19(30)8-14-2-4-15(5-3-14)31-20-12-27-18-11-25-6-7-29(18)20/h2-7,9-12H,8H2,1H3,(H,26,28,30). The van der Waals surface area contributed by atoms with E-state index in [0.717, 1.165) is 12.3 Å². The summed E-state index contributed by atoms with van der Waals surface area (Å²) in [6, 6.07) is 7.60. The molecular formula is C21H16F3N5O2. The maximum absolute atomic E-state index is 13.0. The lowest BCUT2D eigenvalue weighted by molar-refractivity contribution is -0.138. The molecule has 0 aliphatic heterocycles. The van der Waals surface area contributed by atoms with E-state index in [0.29, 0.717) is 22.8 Å². The number of alkyl halides is 3. The summed E-state index contributed by atoms with van der Waals surface area (Å²) in [6.45, 7) is 1.31. The van der Waals surface area contributed by atoms with Gasteiger partial charge in [0.2, 0.25) is 11.8 Å². The molecule has 0 radical (unpaired) electrons. The molecule has 0 spiro atoms. The minimum atomic E-state index is -4.51. The van der Waals surface area contributed by atoms with Crippen molar-refractivity contribution in [2.24, 2.45) is 0 Å². The van der Waals surface area contributed by atoms with E-state index in [1.54, 1.807) is 53.5 Å². The third kappa shape index (κ3) is 4.63. The molecular weight excluding hydrogens is 411 g/mol. The van der Waals surface area contributed by atoms with Crippen LogP contribution in [-0.4, -0.2) is 25.3 Å². The number of carbonyl (C=O) groups is 1. The van der Waals surface area contributed by atoms with Crippen LogP contribution in [0, 0.1) is 6.92 Å². The van der Waals surface area contributed by atoms with Crippen LogP contribution in [0.3, 0.4) is 0 Å². The van der Waals surface area contributed by atoms with E-state index in [-0.39, 0.29) is 17.8 Å². The molecule has 4 aromatic rings. The van der Waals surface area contributed by atoms with Gasteiger partial charge in [0.25, 0.3) is 0 Å². The van der Waals surface area contributed by atoms with Crippen LogP contribution < -0.4 is 10.1 Å². The van der Waals surface area contributed by atoms with Crippen molar-refractivity contribution in [3.63, 3.8) is 0 Å². The highest BCUT2D eigenvalue weighted by Gasteiger charge is 2.33. The highest BCUT2D eigenvalue weighted by molar-refractivity contribution is 5.91. The molecule has 0 saturated heterocycles. The van der Waals surface area contributed by atoms with Crippen LogP contribution in [0.4, 0.5) is 19.0 Å². The van der Waals surface area contributed by atoms with Crippen molar-refractivity contribution in [3.8, 4) is 11.6 Å². The number of anilines is 1. The van der Waals surface area contributed by atoms with Crippen molar-refractivity contribution in [1.82, 2.24) is 19.4 Å². The number of pyridine rings is 1. The SMILES string of the molecule is Cc1cnc(NC(=O)Cc2ccc(Oc3cnc4cnccn34)cc2)cc1C(F)(F)F. The van der Waals surface area contributed by atoms with Gasteiger partial charge >= 0.3 is 6.18 Å². The first-order chi connectivity index (χ1) is 14.8. The first-order valence-corrected chi connectivity index (χ1v) is 9.17. The quantitative estimate of drug-likeness (QED) is 0.510. The molecule has 0 aliphatic carbocycles. The van der Waals surface area contributed by atoms with Crippen molar-refractivity contribution < 1.29 is 22.7 Å². The lowest BCUT2D eigenvalue weighted by Gasteiger charge is -2.12. The van der Waals surface area contributed by atoms with E-state index in [9.17, 15) is 18.0 Å². The molecule has 3 heterocycles. The molecule has 0 aliphatic rings. The average Bonchev–Trinajstić information content (AvgIpc) is 3.13. The molecule has 1 aromatic carbocycles. The predicted octanol–water partition coefficient (Wildman–Crippen LogP) is 4.43. The second-order valence-electron chi connectivity index (χ2n) is 6.75. The third-order valence-corrected chi connectivity index (χ3v) is 4.47. The number of imidazole rings is 1. The Hall–Kier alpha value is -3.95. The van der Waals surface area contributed by atoms with Gasteiger partial charge in [-0.2, -0.15) is 13.2 Å². The summed E-state index contributed by atoms with van der Waals surface area (Å²) in [5.41, 5.74) is 0.463. The number of amides is 1. The maximum Gasteiger partial charge on any atom is 0.416 e. The van der Waals surface area contributed by atoms with Crippen LogP contribution in [0.15, 0.2) is 61.3 Å². The number of nitrogens with zero attached hydrogens (tertiary/aromatic N) is 4. The van der Waals surface area contributed by atoms with Gasteiger partial charge < -0.3 is 10.1 Å². The normalized spacial score (nSPS) is 11.5. The van der Waals surface area contributed by atoms with Gasteiger partial charge in [0.05, 0.1) is 24.4 Å². The van der Waals surface area contributed by atoms with Crippen molar-refractivity contribution in [2.75, 3.05) is 5.32 Å². The van der Waals surface area contributed by atoms with Crippen LogP contribution in [0.5, 0.6) is 11.6 Å². The molecule has 1 N–H and O–H groups in total. The highest BCUT2D eigenvalue weighted by atomic mass is 19.4. The van der Waals surface area contributed by atoms with Crippen LogP contribution in [0.1, 0.15) is 16.7 Å². The van der Waals surface area contributed by atoms with Gasteiger partial charge in [0, 0.05) is 18.6 Å². The maximum atomic E-state index is 13.0. The fraction of sp³-hybridized carbons (Fsp3) is 0.143. The zero-order valence-electron chi connectivity index (χ0n) is 16.2. The monoisotopic (exact) mass is 427 g/mol. The number of halogens is 3. The van der Waals surface area contributed by atoms with Gasteiger partial charge in [-0.05, 0) is 36.2 Å². The number of nitrogens with one attached hydrogen (secondary N) is 1. The molecule has 4 rings (SSSR count). The Morgan fingerprint density at radius 1 is 1.13 bits per heavy atom. The summed E-state index contributed by atoms with van der Waals surface area (Å²) < 4.78 is 46.6. The van der Waals surface area contributed by atoms with Gasteiger partial charge in [-0.15, -0.1) is 0 Å². The number of hydrogen-bond acceptors (Lipinski definition) is 5. The van der Waals surface area contributed by atoms with Crippen LogP contribution in [-0.2, 0) is 17.4 Å². The molecule has 0 saturated carbocycles. The lowest BCUT2D eigenvalue weighted by Crippen LogP contribution is -2.17. The Kier molecular flexibility index (Phi) is 5.28. The largest absolute Gasteiger partial charge is 0.439 e. The number of benzene rings is 1. The van der Waals surface area contributed by atoms with Gasteiger partial charge in [-0.25, -0.2) is 9.97 Å². The van der Waals surface area contributed by atoms with Crippen LogP contribution in [0.2, 0.25) is 0 Å². The summed E-state index contributed by atoms with van der Waals surface area (Å²) in [4.78, 5) is 24.3. The molecule has 158 valence electrons. The van der Waals surface area contributed by atoms with Crippen LogP contribution >= 0.6 is 0 Å². The van der Waals surface area contributed by atoms with Crippen molar-refractivity contribution in [3.05, 3.63) is 78.0 Å². The molecule has 3 aromatic heterocycles. The van der Waals surface area contributed by atoms with E-state index in [1.165, 1.54) is 6.92 Å². The molecule has 0 bridgehead atoms. The first kappa shape index (κ1) is 20.3. The molecule has 10 heteroatoms. The van der Waals surface area contributed by atoms with E-state index < -0.39 is 17.6 Å². The minimum Gasteiger partial charge on any atom is -0.439 e. The third-order valence-electron chi connectivity index (χ3n) is 4.47. The summed E-state index contributed by atoms with van der Waals surface area (Å²) in [6.07, 6.45) is 3.06. The van der Waals surface area contributed by atoms with E-state index in [1.807, 2.05) is 0 Å². The Morgan fingerprint density at radius 3 is 2.65 bits per heavy atom. The smallest absolute Gasteiger partial charge is 0.416 e. The number of carbonyl (C=O) groups excluding carboxylic acids is 1. The zero-order valence-corrected chi connectivity index (χ0v) is 16.2. The van der Waals surface area contributed by atoms with Gasteiger partial charge in [-0.3, -0.25) is 14.2 Å². The lowest BCUT2D eigenvalue weighted by atomic mass is 10.1. The fourth-order valence-corrected chi connectivity index (χ4v) is 2.96. The Labute approximate surface area is 174 Å². The summed E-state index contributed by atoms with van der Waals surface area (Å²) in [5.74, 6) is 0.420. The second-order valence-corrected chi connectivity index (χ2v) is 6.75. The van der Waals surface area contributed by atoms with E-state index in [2.05, 4.69) is 20.3 Å². The molecule has 0 atom stereocenters. The number of fused-ring (bicyclic) bond motifs is 1. The summed E-state index contributed by atoms with van der Waals surface area (Å²) in [5, 5.41) is 2.40. The summed E-state index contributed by atoms with van der Waals surface area (Å²) >= 11 is 0. The molecule has 0 fully saturated rings. The van der Waals surface area contributed by atoms with Crippen molar-refractivity contribution in [2.45, 2.75) is 19.5 Å². The van der Waals surface area contributed by atoms with Crippen molar-refractivity contribution >= 4 is 17.4 Å². The van der Waals surface area contributed by atoms with Crippen molar-refractivity contribution in [1.29, 1.82) is 0 Å². The van der Waals surface area contributed by atoms with Gasteiger partial charge in [0.15, 0.2) is 5.65 Å². The number of aromatic nitrogens is 4. The molecule has 31 heavy (non-hydrogen) atoms. The fourth-order valence-electron chi connectivity index (χ4n) is 2.96.